The van der Waals surface area contributed by atoms with Crippen LogP contribution in [-0.4, -0.2) is 16.5 Å². The highest BCUT2D eigenvalue weighted by molar-refractivity contribution is 5.66. The van der Waals surface area contributed by atoms with Gasteiger partial charge in [-0.05, 0) is 18.1 Å². The fourth-order valence-electron chi connectivity index (χ4n) is 2.37. The molecule has 0 unspecified atom stereocenters. The van der Waals surface area contributed by atoms with E-state index in [4.69, 9.17) is 0 Å². The highest BCUT2D eigenvalue weighted by Gasteiger charge is 2.10. The average Bonchev–Trinajstić information content (AvgIpc) is 2.63. The van der Waals surface area contributed by atoms with E-state index in [0.717, 1.165) is 18.2 Å². The summed E-state index contributed by atoms with van der Waals surface area (Å²) in [6, 6.07) is 14.8. The molecule has 3 rings (SSSR count). The second-order valence-corrected chi connectivity index (χ2v) is 6.35. The van der Waals surface area contributed by atoms with Gasteiger partial charge < -0.3 is 10.6 Å². The van der Waals surface area contributed by atoms with Crippen LogP contribution in [0.5, 0.6) is 0 Å². The van der Waals surface area contributed by atoms with Gasteiger partial charge in [0.15, 0.2) is 0 Å². The predicted molar refractivity (Wildman–Crippen MR) is 100 cm³/mol. The summed E-state index contributed by atoms with van der Waals surface area (Å²) in [6.07, 6.45) is 0. The van der Waals surface area contributed by atoms with E-state index < -0.39 is 11.6 Å². The van der Waals surface area contributed by atoms with Crippen molar-refractivity contribution < 1.29 is 8.78 Å². The maximum atomic E-state index is 13.9. The number of anilines is 3. The van der Waals surface area contributed by atoms with E-state index in [9.17, 15) is 8.78 Å². The molecule has 0 saturated carbocycles. The van der Waals surface area contributed by atoms with Crippen molar-refractivity contribution in [2.75, 3.05) is 17.2 Å². The van der Waals surface area contributed by atoms with Gasteiger partial charge in [-0.2, -0.15) is 4.98 Å². The fourth-order valence-corrected chi connectivity index (χ4v) is 2.37. The summed E-state index contributed by atoms with van der Waals surface area (Å²) in [4.78, 5) is 8.86. The van der Waals surface area contributed by atoms with Gasteiger partial charge in [-0.1, -0.05) is 44.2 Å². The van der Waals surface area contributed by atoms with Crippen molar-refractivity contribution >= 4 is 17.5 Å². The summed E-state index contributed by atoms with van der Waals surface area (Å²) < 4.78 is 27.0. The lowest BCUT2D eigenvalue weighted by Crippen LogP contribution is -2.11. The Kier molecular flexibility index (Phi) is 5.41. The molecule has 0 radical (unpaired) electrons. The number of aromatic nitrogens is 2. The van der Waals surface area contributed by atoms with Gasteiger partial charge in [-0.15, -0.1) is 0 Å². The van der Waals surface area contributed by atoms with Crippen molar-refractivity contribution in [3.63, 3.8) is 0 Å². The summed E-state index contributed by atoms with van der Waals surface area (Å²) in [5, 5.41) is 6.09. The van der Waals surface area contributed by atoms with Crippen molar-refractivity contribution in [3.05, 3.63) is 66.2 Å². The number of nitrogens with zero attached hydrogens (tertiary/aromatic N) is 2. The molecule has 1 aromatic heterocycles. The Hall–Kier alpha value is -3.02. The maximum absolute atomic E-state index is 13.9. The molecule has 1 heterocycles. The van der Waals surface area contributed by atoms with E-state index in [1.165, 1.54) is 12.1 Å². The topological polar surface area (TPSA) is 49.8 Å². The van der Waals surface area contributed by atoms with E-state index in [2.05, 4.69) is 34.4 Å². The summed E-state index contributed by atoms with van der Waals surface area (Å²) >= 11 is 0. The van der Waals surface area contributed by atoms with Crippen LogP contribution in [-0.2, 0) is 0 Å². The number of hydrogen-bond acceptors (Lipinski definition) is 4. The first-order chi connectivity index (χ1) is 12.5. The first kappa shape index (κ1) is 17.8. The third-order valence-electron chi connectivity index (χ3n) is 3.66. The minimum Gasteiger partial charge on any atom is -0.370 e. The predicted octanol–water partition coefficient (Wildman–Crippen LogP) is 5.23. The number of rotatable bonds is 6. The Labute approximate surface area is 151 Å². The van der Waals surface area contributed by atoms with Gasteiger partial charge in [-0.25, -0.2) is 13.8 Å². The zero-order valence-corrected chi connectivity index (χ0v) is 14.6. The Bertz CT molecular complexity index is 882. The van der Waals surface area contributed by atoms with Gasteiger partial charge in [0.2, 0.25) is 5.95 Å². The first-order valence-corrected chi connectivity index (χ1v) is 8.41. The molecular weight excluding hydrogens is 334 g/mol. The van der Waals surface area contributed by atoms with Crippen LogP contribution in [0.2, 0.25) is 0 Å². The van der Waals surface area contributed by atoms with Gasteiger partial charge in [0, 0.05) is 24.2 Å². The van der Waals surface area contributed by atoms with E-state index in [1.807, 2.05) is 36.4 Å². The van der Waals surface area contributed by atoms with Crippen LogP contribution < -0.4 is 10.6 Å². The molecule has 0 saturated heterocycles. The molecule has 6 heteroatoms. The van der Waals surface area contributed by atoms with Gasteiger partial charge in [0.25, 0.3) is 0 Å². The van der Waals surface area contributed by atoms with Crippen LogP contribution in [0.25, 0.3) is 11.3 Å². The summed E-state index contributed by atoms with van der Waals surface area (Å²) in [5.74, 6) is -0.0153. The van der Waals surface area contributed by atoms with E-state index in [-0.39, 0.29) is 11.6 Å². The van der Waals surface area contributed by atoms with Crippen molar-refractivity contribution in [2.24, 2.45) is 5.92 Å². The second kappa shape index (κ2) is 7.91. The van der Waals surface area contributed by atoms with E-state index in [1.54, 1.807) is 0 Å². The molecule has 2 aromatic carbocycles. The zero-order valence-electron chi connectivity index (χ0n) is 14.6. The zero-order chi connectivity index (χ0) is 18.5. The van der Waals surface area contributed by atoms with Crippen LogP contribution in [0.4, 0.5) is 26.2 Å². The molecule has 0 fully saturated rings. The molecule has 134 valence electrons. The SMILES string of the molecule is CC(C)CNc1cc(-c2ccccc2)nc(Nc2ccc(F)cc2F)n1. The molecule has 0 atom stereocenters. The van der Waals surface area contributed by atoms with Crippen LogP contribution in [0.1, 0.15) is 13.8 Å². The minimum atomic E-state index is -0.699. The third kappa shape index (κ3) is 4.53. The second-order valence-electron chi connectivity index (χ2n) is 6.35. The van der Waals surface area contributed by atoms with Gasteiger partial charge in [0.05, 0.1) is 11.4 Å². The van der Waals surface area contributed by atoms with Crippen LogP contribution >= 0.6 is 0 Å². The normalized spacial score (nSPS) is 10.8. The van der Waals surface area contributed by atoms with Crippen molar-refractivity contribution in [3.8, 4) is 11.3 Å². The molecule has 0 aliphatic rings. The van der Waals surface area contributed by atoms with Crippen LogP contribution in [0.3, 0.4) is 0 Å². The van der Waals surface area contributed by atoms with E-state index >= 15 is 0 Å². The standard InChI is InChI=1S/C20H20F2N4/c1-13(2)12-23-19-11-18(14-6-4-3-5-7-14)25-20(26-19)24-17-9-8-15(21)10-16(17)22/h3-11,13H,12H2,1-2H3,(H2,23,24,25,26). The van der Waals surface area contributed by atoms with Gasteiger partial charge in [-0.3, -0.25) is 0 Å². The molecule has 0 bridgehead atoms. The monoisotopic (exact) mass is 354 g/mol. The highest BCUT2D eigenvalue weighted by atomic mass is 19.1. The molecule has 4 nitrogen and oxygen atoms in total. The van der Waals surface area contributed by atoms with Gasteiger partial charge >= 0.3 is 0 Å². The Morgan fingerprint density at radius 3 is 2.42 bits per heavy atom. The lowest BCUT2D eigenvalue weighted by atomic mass is 10.1. The molecule has 0 spiro atoms. The minimum absolute atomic E-state index is 0.117. The van der Waals surface area contributed by atoms with Crippen molar-refractivity contribution in [1.29, 1.82) is 0 Å². The maximum Gasteiger partial charge on any atom is 0.229 e. The number of nitrogens with one attached hydrogen (secondary N) is 2. The Morgan fingerprint density at radius 2 is 1.73 bits per heavy atom. The highest BCUT2D eigenvalue weighted by Crippen LogP contribution is 2.24. The van der Waals surface area contributed by atoms with Gasteiger partial charge in [0.1, 0.15) is 17.5 Å². The summed E-state index contributed by atoms with van der Waals surface area (Å²) in [6.45, 7) is 4.94. The molecule has 26 heavy (non-hydrogen) atoms. The third-order valence-corrected chi connectivity index (χ3v) is 3.66. The number of hydrogen-bond donors (Lipinski definition) is 2. The Balaban J connectivity index is 1.96. The van der Waals surface area contributed by atoms with Crippen molar-refractivity contribution in [2.45, 2.75) is 13.8 Å². The lowest BCUT2D eigenvalue weighted by molar-refractivity contribution is 0.586. The van der Waals surface area contributed by atoms with Crippen molar-refractivity contribution in [1.82, 2.24) is 9.97 Å². The molecule has 0 aliphatic heterocycles. The molecule has 0 amide bonds. The largest absolute Gasteiger partial charge is 0.370 e. The quantitative estimate of drug-likeness (QED) is 0.636. The Morgan fingerprint density at radius 1 is 0.962 bits per heavy atom. The summed E-state index contributed by atoms with van der Waals surface area (Å²) in [5.41, 5.74) is 1.74. The lowest BCUT2D eigenvalue weighted by Gasteiger charge is -2.13. The smallest absolute Gasteiger partial charge is 0.229 e. The summed E-state index contributed by atoms with van der Waals surface area (Å²) in [7, 11) is 0. The van der Waals surface area contributed by atoms with Crippen LogP contribution in [0, 0.1) is 17.6 Å². The number of benzene rings is 2. The van der Waals surface area contributed by atoms with E-state index in [0.29, 0.717) is 17.4 Å². The first-order valence-electron chi connectivity index (χ1n) is 8.41. The molecule has 3 aromatic rings. The molecule has 2 N–H and O–H groups in total. The molecule has 0 aliphatic carbocycles. The average molecular weight is 354 g/mol. The fraction of sp³-hybridized carbons (Fsp3) is 0.200. The molecular formula is C20H20F2N4. The number of halogens is 2. The van der Waals surface area contributed by atoms with Crippen LogP contribution in [0.15, 0.2) is 54.6 Å².